The molecule has 1 aliphatic heterocycles. The molecular formula is C13H21NO5S. The molecule has 0 spiro atoms. The van der Waals surface area contributed by atoms with E-state index in [0.29, 0.717) is 19.8 Å². The Kier molecular flexibility index (Phi) is 4.82. The number of sulfone groups is 1. The van der Waals surface area contributed by atoms with Crippen LogP contribution in [0.15, 0.2) is 12.7 Å². The smallest absolute Gasteiger partial charge is 0.238 e. The molecule has 7 heteroatoms. The van der Waals surface area contributed by atoms with Gasteiger partial charge in [-0.05, 0) is 12.8 Å². The molecule has 2 rings (SSSR count). The quantitative estimate of drug-likeness (QED) is 0.668. The highest BCUT2D eigenvalue weighted by atomic mass is 32.2. The average Bonchev–Trinajstić information content (AvgIpc) is 2.77. The van der Waals surface area contributed by atoms with Crippen LogP contribution in [0.1, 0.15) is 12.8 Å². The van der Waals surface area contributed by atoms with Crippen molar-refractivity contribution >= 4 is 15.7 Å². The van der Waals surface area contributed by atoms with Gasteiger partial charge in [-0.25, -0.2) is 8.42 Å². The molecule has 114 valence electrons. The van der Waals surface area contributed by atoms with Crippen LogP contribution in [0.2, 0.25) is 0 Å². The molecule has 6 nitrogen and oxygen atoms in total. The maximum absolute atomic E-state index is 12.1. The van der Waals surface area contributed by atoms with Crippen molar-refractivity contribution in [3.63, 3.8) is 0 Å². The number of morpholine rings is 1. The summed E-state index contributed by atoms with van der Waals surface area (Å²) in [6.07, 6.45) is 4.14. The number of fused-ring (bicyclic) bond motifs is 1. The van der Waals surface area contributed by atoms with Crippen molar-refractivity contribution in [2.45, 2.75) is 31.1 Å². The van der Waals surface area contributed by atoms with Crippen LogP contribution in [-0.2, 0) is 24.1 Å². The largest absolute Gasteiger partial charge is 0.372 e. The number of carbonyl (C=O) groups excluding carboxylic acids is 1. The first-order valence-electron chi connectivity index (χ1n) is 6.73. The highest BCUT2D eigenvalue weighted by Crippen LogP contribution is 2.32. The van der Waals surface area contributed by atoms with Gasteiger partial charge in [0.15, 0.2) is 9.84 Å². The first-order valence-corrected chi connectivity index (χ1v) is 8.79. The maximum Gasteiger partial charge on any atom is 0.238 e. The molecule has 0 aromatic carbocycles. The van der Waals surface area contributed by atoms with Gasteiger partial charge in [-0.2, -0.15) is 0 Å². The van der Waals surface area contributed by atoms with Crippen LogP contribution in [0.5, 0.6) is 0 Å². The molecular weight excluding hydrogens is 282 g/mol. The van der Waals surface area contributed by atoms with Gasteiger partial charge < -0.3 is 14.4 Å². The van der Waals surface area contributed by atoms with E-state index < -0.39 is 15.6 Å². The minimum Gasteiger partial charge on any atom is -0.372 e. The number of nitrogens with zero attached hydrogens (tertiary/aromatic N) is 1. The third kappa shape index (κ3) is 3.59. The van der Waals surface area contributed by atoms with E-state index in [4.69, 9.17) is 9.47 Å². The summed E-state index contributed by atoms with van der Waals surface area (Å²) in [7, 11) is -3.31. The number of carbonyl (C=O) groups is 1. The first kappa shape index (κ1) is 15.5. The van der Waals surface area contributed by atoms with Gasteiger partial charge in [0.05, 0.1) is 25.4 Å². The molecule has 2 fully saturated rings. The lowest BCUT2D eigenvalue weighted by Crippen LogP contribution is -2.55. The first-order chi connectivity index (χ1) is 9.42. The van der Waals surface area contributed by atoms with Crippen LogP contribution < -0.4 is 0 Å². The summed E-state index contributed by atoms with van der Waals surface area (Å²) < 4.78 is 33.9. The Bertz CT molecular complexity index is 475. The van der Waals surface area contributed by atoms with E-state index in [1.807, 2.05) is 0 Å². The Morgan fingerprint density at radius 2 is 2.25 bits per heavy atom. The summed E-state index contributed by atoms with van der Waals surface area (Å²) in [6, 6.07) is -0.0761. The van der Waals surface area contributed by atoms with Crippen molar-refractivity contribution in [2.24, 2.45) is 0 Å². The molecule has 0 unspecified atom stereocenters. The molecule has 2 aliphatic rings. The molecule has 0 bridgehead atoms. The molecule has 0 N–H and O–H groups in total. The normalized spacial score (nSPS) is 30.1. The van der Waals surface area contributed by atoms with Crippen molar-refractivity contribution in [2.75, 3.05) is 31.8 Å². The van der Waals surface area contributed by atoms with Gasteiger partial charge in [-0.1, -0.05) is 6.08 Å². The third-order valence-corrected chi connectivity index (χ3v) is 4.44. The summed E-state index contributed by atoms with van der Waals surface area (Å²) in [4.78, 5) is 13.8. The summed E-state index contributed by atoms with van der Waals surface area (Å²) in [5.74, 6) is -0.774. The number of ether oxygens (including phenoxy) is 2. The van der Waals surface area contributed by atoms with E-state index in [1.165, 1.54) is 0 Å². The van der Waals surface area contributed by atoms with Crippen molar-refractivity contribution in [3.8, 4) is 0 Å². The Hall–Kier alpha value is -0.920. The Balaban J connectivity index is 2.02. The zero-order valence-corrected chi connectivity index (χ0v) is 12.5. The van der Waals surface area contributed by atoms with Crippen LogP contribution in [0, 0.1) is 0 Å². The Morgan fingerprint density at radius 3 is 2.90 bits per heavy atom. The van der Waals surface area contributed by atoms with E-state index in [-0.39, 0.29) is 24.2 Å². The van der Waals surface area contributed by atoms with Gasteiger partial charge >= 0.3 is 0 Å². The number of hydrogen-bond donors (Lipinski definition) is 0. The molecule has 1 saturated heterocycles. The molecule has 1 aliphatic carbocycles. The van der Waals surface area contributed by atoms with Crippen molar-refractivity contribution in [3.05, 3.63) is 12.7 Å². The minimum absolute atomic E-state index is 0.0492. The van der Waals surface area contributed by atoms with Gasteiger partial charge in [-0.3, -0.25) is 4.79 Å². The fourth-order valence-electron chi connectivity index (χ4n) is 2.90. The topological polar surface area (TPSA) is 72.9 Å². The van der Waals surface area contributed by atoms with Crippen LogP contribution in [0.4, 0.5) is 0 Å². The summed E-state index contributed by atoms with van der Waals surface area (Å²) >= 11 is 0. The van der Waals surface area contributed by atoms with E-state index in [0.717, 1.165) is 19.1 Å². The molecule has 20 heavy (non-hydrogen) atoms. The van der Waals surface area contributed by atoms with Gasteiger partial charge in [0.2, 0.25) is 5.91 Å². The van der Waals surface area contributed by atoms with Crippen LogP contribution in [-0.4, -0.2) is 69.2 Å². The van der Waals surface area contributed by atoms with Gasteiger partial charge in [0, 0.05) is 12.8 Å². The third-order valence-electron chi connectivity index (χ3n) is 3.67. The average molecular weight is 303 g/mol. The fraction of sp³-hybridized carbons (Fsp3) is 0.769. The van der Waals surface area contributed by atoms with Gasteiger partial charge in [-0.15, -0.1) is 6.58 Å². The van der Waals surface area contributed by atoms with E-state index in [1.54, 1.807) is 11.0 Å². The summed E-state index contributed by atoms with van der Waals surface area (Å²) in [5.41, 5.74) is 0. The summed E-state index contributed by atoms with van der Waals surface area (Å²) in [6.45, 7) is 4.93. The zero-order valence-electron chi connectivity index (χ0n) is 11.7. The molecule has 3 atom stereocenters. The lowest BCUT2D eigenvalue weighted by atomic mass is 10.1. The molecule has 1 saturated carbocycles. The predicted molar refractivity (Wildman–Crippen MR) is 74.1 cm³/mol. The lowest BCUT2D eigenvalue weighted by molar-refractivity contribution is -0.148. The number of rotatable bonds is 5. The monoisotopic (exact) mass is 303 g/mol. The number of hydrogen-bond acceptors (Lipinski definition) is 5. The van der Waals surface area contributed by atoms with E-state index in [2.05, 4.69) is 6.58 Å². The Morgan fingerprint density at radius 1 is 1.50 bits per heavy atom. The lowest BCUT2D eigenvalue weighted by Gasteiger charge is -2.39. The maximum atomic E-state index is 12.1. The molecule has 0 aromatic heterocycles. The standard InChI is InChI=1S/C13H21NO5S/c1-3-7-18-11-5-4-10-13(11)19-8-6-14(10)12(15)9-20(2,16)17/h3,10-11,13H,1,4-9H2,2H3/t10-,11-,13+/m0/s1. The van der Waals surface area contributed by atoms with Gasteiger partial charge in [0.25, 0.3) is 0 Å². The van der Waals surface area contributed by atoms with E-state index >= 15 is 0 Å². The van der Waals surface area contributed by atoms with Gasteiger partial charge in [0.1, 0.15) is 11.9 Å². The second-order valence-electron chi connectivity index (χ2n) is 5.30. The second kappa shape index (κ2) is 6.24. The highest BCUT2D eigenvalue weighted by molar-refractivity contribution is 7.91. The van der Waals surface area contributed by atoms with Crippen LogP contribution in [0.25, 0.3) is 0 Å². The zero-order chi connectivity index (χ0) is 14.8. The molecule has 0 radical (unpaired) electrons. The van der Waals surface area contributed by atoms with E-state index in [9.17, 15) is 13.2 Å². The van der Waals surface area contributed by atoms with Crippen LogP contribution in [0.3, 0.4) is 0 Å². The molecule has 0 aromatic rings. The molecule has 1 amide bonds. The number of amides is 1. The second-order valence-corrected chi connectivity index (χ2v) is 7.44. The minimum atomic E-state index is -3.31. The predicted octanol–water partition coefficient (Wildman–Crippen LogP) is -0.00800. The summed E-state index contributed by atoms with van der Waals surface area (Å²) in [5, 5.41) is 0. The molecule has 1 heterocycles. The van der Waals surface area contributed by atoms with Crippen molar-refractivity contribution < 1.29 is 22.7 Å². The van der Waals surface area contributed by atoms with Crippen LogP contribution >= 0.6 is 0 Å². The van der Waals surface area contributed by atoms with Crippen molar-refractivity contribution in [1.29, 1.82) is 0 Å². The Labute approximate surface area is 119 Å². The van der Waals surface area contributed by atoms with Crippen molar-refractivity contribution in [1.82, 2.24) is 4.90 Å². The SMILES string of the molecule is C=CCO[C@H]1CC[C@H]2[C@H]1OCCN2C(=O)CS(C)(=O)=O. The fourth-order valence-corrected chi connectivity index (χ4v) is 3.52. The highest BCUT2D eigenvalue weighted by Gasteiger charge is 2.45.